The fourth-order valence-corrected chi connectivity index (χ4v) is 2.11. The van der Waals surface area contributed by atoms with Gasteiger partial charge >= 0.3 is 0 Å². The zero-order valence-corrected chi connectivity index (χ0v) is 10.4. The number of rotatable bonds is 8. The normalized spacial score (nSPS) is 21.0. The van der Waals surface area contributed by atoms with Crippen molar-refractivity contribution in [2.45, 2.75) is 76.9 Å². The van der Waals surface area contributed by atoms with Crippen LogP contribution in [-0.2, 0) is 0 Å². The van der Waals surface area contributed by atoms with Crippen LogP contribution in [0.15, 0.2) is 0 Å². The lowest BCUT2D eigenvalue weighted by molar-refractivity contribution is -0.0330. The van der Waals surface area contributed by atoms with Crippen molar-refractivity contribution in [3.05, 3.63) is 0 Å². The number of hydrogen-bond donors (Lipinski definition) is 2. The van der Waals surface area contributed by atoms with Gasteiger partial charge in [0.2, 0.25) is 0 Å². The summed E-state index contributed by atoms with van der Waals surface area (Å²) in [5, 5.41) is 13.4. The quantitative estimate of drug-likeness (QED) is 0.608. The van der Waals surface area contributed by atoms with Crippen LogP contribution in [0.2, 0.25) is 0 Å². The highest BCUT2D eigenvalue weighted by molar-refractivity contribution is 4.90. The fourth-order valence-electron chi connectivity index (χ4n) is 2.11. The third kappa shape index (κ3) is 4.98. The summed E-state index contributed by atoms with van der Waals surface area (Å²) in [7, 11) is 0. The number of aliphatic hydroxyl groups is 1. The minimum Gasteiger partial charge on any atom is -0.389 e. The van der Waals surface area contributed by atoms with Gasteiger partial charge in [-0.3, -0.25) is 0 Å². The Balaban J connectivity index is 1.95. The van der Waals surface area contributed by atoms with Gasteiger partial charge in [-0.05, 0) is 32.6 Å². The minimum absolute atomic E-state index is 0.363. The van der Waals surface area contributed by atoms with Crippen molar-refractivity contribution in [2.75, 3.05) is 6.54 Å². The van der Waals surface area contributed by atoms with Crippen molar-refractivity contribution < 1.29 is 5.11 Å². The molecule has 0 aromatic heterocycles. The van der Waals surface area contributed by atoms with Crippen molar-refractivity contribution in [1.29, 1.82) is 0 Å². The van der Waals surface area contributed by atoms with E-state index in [-0.39, 0.29) is 5.60 Å². The van der Waals surface area contributed by atoms with Crippen LogP contribution in [-0.4, -0.2) is 23.3 Å². The molecule has 0 heterocycles. The monoisotopic (exact) mass is 213 g/mol. The second-order valence-electron chi connectivity index (χ2n) is 5.21. The Labute approximate surface area is 94.5 Å². The van der Waals surface area contributed by atoms with E-state index >= 15 is 0 Å². The molecule has 2 nitrogen and oxygen atoms in total. The van der Waals surface area contributed by atoms with Crippen molar-refractivity contribution in [1.82, 2.24) is 5.32 Å². The van der Waals surface area contributed by atoms with Gasteiger partial charge < -0.3 is 10.4 Å². The largest absolute Gasteiger partial charge is 0.389 e. The van der Waals surface area contributed by atoms with Gasteiger partial charge in [-0.25, -0.2) is 0 Å². The van der Waals surface area contributed by atoms with E-state index < -0.39 is 0 Å². The molecule has 0 amide bonds. The molecule has 90 valence electrons. The molecule has 15 heavy (non-hydrogen) atoms. The van der Waals surface area contributed by atoms with E-state index in [2.05, 4.69) is 19.2 Å². The molecule has 0 aliphatic heterocycles. The first-order chi connectivity index (χ1) is 7.16. The second-order valence-corrected chi connectivity index (χ2v) is 5.21. The van der Waals surface area contributed by atoms with Gasteiger partial charge in [0.15, 0.2) is 0 Å². The van der Waals surface area contributed by atoms with Gasteiger partial charge in [-0.15, -0.1) is 0 Å². The van der Waals surface area contributed by atoms with Crippen LogP contribution in [0.3, 0.4) is 0 Å². The molecule has 1 aliphatic carbocycles. The minimum atomic E-state index is -0.363. The third-order valence-electron chi connectivity index (χ3n) is 3.55. The van der Waals surface area contributed by atoms with Gasteiger partial charge in [0, 0.05) is 12.6 Å². The summed E-state index contributed by atoms with van der Waals surface area (Å²) in [4.78, 5) is 0. The summed E-state index contributed by atoms with van der Waals surface area (Å²) in [6.45, 7) is 5.27. The average Bonchev–Trinajstić information content (AvgIpc) is 2.19. The first kappa shape index (κ1) is 13.0. The molecule has 0 aromatic rings. The summed E-state index contributed by atoms with van der Waals surface area (Å²) < 4.78 is 0. The van der Waals surface area contributed by atoms with E-state index in [1.165, 1.54) is 38.5 Å². The molecule has 0 radical (unpaired) electrons. The van der Waals surface area contributed by atoms with Gasteiger partial charge in [0.05, 0.1) is 5.60 Å². The average molecular weight is 213 g/mol. The van der Waals surface area contributed by atoms with Crippen molar-refractivity contribution in [3.63, 3.8) is 0 Å². The maximum atomic E-state index is 9.91. The summed E-state index contributed by atoms with van der Waals surface area (Å²) >= 11 is 0. The lowest BCUT2D eigenvalue weighted by Gasteiger charge is -2.37. The van der Waals surface area contributed by atoms with Crippen LogP contribution in [0.1, 0.15) is 65.2 Å². The number of hydrogen-bond acceptors (Lipinski definition) is 2. The molecule has 2 N–H and O–H groups in total. The highest BCUT2D eigenvalue weighted by Gasteiger charge is 2.33. The molecule has 1 atom stereocenters. The molecular formula is C13H27NO. The first-order valence-electron chi connectivity index (χ1n) is 6.62. The van der Waals surface area contributed by atoms with E-state index in [0.717, 1.165) is 19.4 Å². The summed E-state index contributed by atoms with van der Waals surface area (Å²) in [6, 6.07) is 0.562. The lowest BCUT2D eigenvalue weighted by atomic mass is 9.80. The molecule has 1 rings (SSSR count). The van der Waals surface area contributed by atoms with Gasteiger partial charge in [0.25, 0.3) is 0 Å². The second kappa shape index (κ2) is 6.49. The fraction of sp³-hybridized carbons (Fsp3) is 1.00. The highest BCUT2D eigenvalue weighted by atomic mass is 16.3. The van der Waals surface area contributed by atoms with Gasteiger partial charge in [-0.1, -0.05) is 32.6 Å². The smallest absolute Gasteiger partial charge is 0.0771 e. The third-order valence-corrected chi connectivity index (χ3v) is 3.55. The standard InChI is InChI=1S/C13H27NO/c1-3-4-5-6-8-12(2)14-11-13(15)9-7-10-13/h12,14-15H,3-11H2,1-2H3. The topological polar surface area (TPSA) is 32.3 Å². The predicted octanol–water partition coefficient (Wildman–Crippen LogP) is 2.85. The Bertz CT molecular complexity index is 166. The maximum absolute atomic E-state index is 9.91. The Morgan fingerprint density at radius 1 is 1.27 bits per heavy atom. The Hall–Kier alpha value is -0.0800. The highest BCUT2D eigenvalue weighted by Crippen LogP contribution is 2.30. The molecule has 1 fully saturated rings. The number of unbranched alkanes of at least 4 members (excludes halogenated alkanes) is 3. The Morgan fingerprint density at radius 3 is 2.53 bits per heavy atom. The molecule has 0 spiro atoms. The zero-order valence-electron chi connectivity index (χ0n) is 10.4. The molecule has 0 bridgehead atoms. The van der Waals surface area contributed by atoms with Crippen LogP contribution in [0.25, 0.3) is 0 Å². The van der Waals surface area contributed by atoms with Crippen LogP contribution < -0.4 is 5.32 Å². The van der Waals surface area contributed by atoms with Crippen LogP contribution >= 0.6 is 0 Å². The zero-order chi connectivity index (χ0) is 11.1. The first-order valence-corrected chi connectivity index (χ1v) is 6.62. The summed E-state index contributed by atoms with van der Waals surface area (Å²) in [5.41, 5.74) is -0.363. The molecule has 0 aromatic carbocycles. The SMILES string of the molecule is CCCCCCC(C)NCC1(O)CCC1. The molecular weight excluding hydrogens is 186 g/mol. The molecule has 0 saturated heterocycles. The summed E-state index contributed by atoms with van der Waals surface area (Å²) in [5.74, 6) is 0. The maximum Gasteiger partial charge on any atom is 0.0771 e. The van der Waals surface area contributed by atoms with E-state index in [0.29, 0.717) is 6.04 Å². The lowest BCUT2D eigenvalue weighted by Crippen LogP contribution is -2.48. The Morgan fingerprint density at radius 2 is 2.00 bits per heavy atom. The van der Waals surface area contributed by atoms with E-state index in [9.17, 15) is 5.11 Å². The van der Waals surface area contributed by atoms with E-state index in [4.69, 9.17) is 0 Å². The number of nitrogens with one attached hydrogen (secondary N) is 1. The van der Waals surface area contributed by atoms with Crippen molar-refractivity contribution in [2.24, 2.45) is 0 Å². The van der Waals surface area contributed by atoms with Gasteiger partial charge in [0.1, 0.15) is 0 Å². The molecule has 1 unspecified atom stereocenters. The van der Waals surface area contributed by atoms with Crippen molar-refractivity contribution >= 4 is 0 Å². The van der Waals surface area contributed by atoms with E-state index in [1.807, 2.05) is 0 Å². The molecule has 2 heteroatoms. The molecule has 1 aliphatic rings. The molecule has 1 saturated carbocycles. The van der Waals surface area contributed by atoms with Crippen LogP contribution in [0, 0.1) is 0 Å². The Kier molecular flexibility index (Phi) is 5.62. The van der Waals surface area contributed by atoms with Crippen molar-refractivity contribution in [3.8, 4) is 0 Å². The van der Waals surface area contributed by atoms with Crippen LogP contribution in [0.4, 0.5) is 0 Å². The van der Waals surface area contributed by atoms with E-state index in [1.54, 1.807) is 0 Å². The van der Waals surface area contributed by atoms with Gasteiger partial charge in [-0.2, -0.15) is 0 Å². The predicted molar refractivity (Wildman–Crippen MR) is 65.0 cm³/mol. The summed E-state index contributed by atoms with van der Waals surface area (Å²) in [6.07, 6.45) is 9.76. The van der Waals surface area contributed by atoms with Crippen LogP contribution in [0.5, 0.6) is 0 Å².